The van der Waals surface area contributed by atoms with Gasteiger partial charge < -0.3 is 4.74 Å². The van der Waals surface area contributed by atoms with Crippen LogP contribution in [0.2, 0.25) is 0 Å². The van der Waals surface area contributed by atoms with Gasteiger partial charge in [-0.2, -0.15) is 0 Å². The number of hydrogen-bond acceptors (Lipinski definition) is 1. The van der Waals surface area contributed by atoms with Gasteiger partial charge in [0.25, 0.3) is 0 Å². The van der Waals surface area contributed by atoms with Crippen molar-refractivity contribution in [2.45, 2.75) is 11.8 Å². The molecule has 1 aliphatic heterocycles. The van der Waals surface area contributed by atoms with Crippen LogP contribution in [0.5, 0.6) is 0 Å². The molecule has 1 aromatic rings. The van der Waals surface area contributed by atoms with Gasteiger partial charge in [-0.25, -0.2) is 0 Å². The zero-order valence-corrected chi connectivity index (χ0v) is 9.36. The van der Waals surface area contributed by atoms with Gasteiger partial charge in [-0.1, -0.05) is 30.3 Å². The van der Waals surface area contributed by atoms with E-state index in [1.807, 2.05) is 6.07 Å². The maximum Gasteiger partial charge on any atom is 0.0501 e. The van der Waals surface area contributed by atoms with E-state index in [1.54, 1.807) is 0 Å². The second-order valence-corrected chi connectivity index (χ2v) is 5.21. The Balaban J connectivity index is 1.60. The minimum atomic E-state index is 0.297. The number of benzene rings is 1. The van der Waals surface area contributed by atoms with E-state index in [1.165, 1.54) is 5.56 Å². The highest BCUT2D eigenvalue weighted by Gasteiger charge is 2.56. The van der Waals surface area contributed by atoms with E-state index in [9.17, 15) is 0 Å². The first-order valence-electron chi connectivity index (χ1n) is 5.62. The van der Waals surface area contributed by atoms with Gasteiger partial charge in [0.15, 0.2) is 0 Å². The topological polar surface area (TPSA) is 9.23 Å². The van der Waals surface area contributed by atoms with E-state index in [-0.39, 0.29) is 0 Å². The summed E-state index contributed by atoms with van der Waals surface area (Å²) in [6, 6.07) is 10.5. The van der Waals surface area contributed by atoms with Crippen LogP contribution in [0.25, 0.3) is 0 Å². The van der Waals surface area contributed by atoms with Gasteiger partial charge in [0.2, 0.25) is 0 Å². The fraction of sp³-hybridized carbons (Fsp3) is 0.538. The molecule has 0 radical (unpaired) electrons. The number of alkyl halides is 1. The van der Waals surface area contributed by atoms with Crippen molar-refractivity contribution in [3.05, 3.63) is 35.9 Å². The monoisotopic (exact) mass is 222 g/mol. The summed E-state index contributed by atoms with van der Waals surface area (Å²) in [7, 11) is 0. The van der Waals surface area contributed by atoms with E-state index >= 15 is 0 Å². The molecule has 2 fully saturated rings. The Labute approximate surface area is 95.4 Å². The second kappa shape index (κ2) is 3.80. The lowest BCUT2D eigenvalue weighted by molar-refractivity contribution is 0.150. The van der Waals surface area contributed by atoms with Crippen molar-refractivity contribution in [1.29, 1.82) is 0 Å². The highest BCUT2D eigenvalue weighted by atomic mass is 35.5. The maximum absolute atomic E-state index is 6.46. The molecular formula is C13H15ClO. The zero-order valence-electron chi connectivity index (χ0n) is 8.60. The zero-order chi connectivity index (χ0) is 10.3. The third-order valence-corrected chi connectivity index (χ3v) is 4.15. The van der Waals surface area contributed by atoms with Gasteiger partial charge in [0.1, 0.15) is 0 Å². The van der Waals surface area contributed by atoms with Gasteiger partial charge in [-0.15, -0.1) is 11.6 Å². The standard InChI is InChI=1S/C13H15ClO/c14-12(6-9-4-2-1-3-5-9)13-10-7-15-8-11(10)13/h1-5,10-13H,6-8H2. The number of rotatable bonds is 3. The highest BCUT2D eigenvalue weighted by Crippen LogP contribution is 2.54. The summed E-state index contributed by atoms with van der Waals surface area (Å²) in [5, 5.41) is 0.297. The predicted molar refractivity (Wildman–Crippen MR) is 61.1 cm³/mol. The molecule has 0 spiro atoms. The van der Waals surface area contributed by atoms with E-state index in [0.29, 0.717) is 11.3 Å². The summed E-state index contributed by atoms with van der Waals surface area (Å²) in [6.45, 7) is 1.88. The SMILES string of the molecule is ClC(Cc1ccccc1)C1C2COCC21. The third kappa shape index (κ3) is 1.79. The molecule has 1 aliphatic carbocycles. The normalized spacial score (nSPS) is 34.9. The molecule has 0 aromatic heterocycles. The molecule has 1 nitrogen and oxygen atoms in total. The Morgan fingerprint density at radius 1 is 1.20 bits per heavy atom. The Kier molecular flexibility index (Phi) is 2.45. The maximum atomic E-state index is 6.46. The highest BCUT2D eigenvalue weighted by molar-refractivity contribution is 6.21. The molecule has 3 rings (SSSR count). The van der Waals surface area contributed by atoms with Crippen LogP contribution in [0, 0.1) is 17.8 Å². The summed E-state index contributed by atoms with van der Waals surface area (Å²) < 4.78 is 5.38. The predicted octanol–water partition coefficient (Wildman–Crippen LogP) is 2.73. The number of ether oxygens (including phenoxy) is 1. The quantitative estimate of drug-likeness (QED) is 0.715. The molecule has 2 aliphatic rings. The molecule has 3 atom stereocenters. The summed E-state index contributed by atoms with van der Waals surface area (Å²) in [6.07, 6.45) is 1.00. The third-order valence-electron chi connectivity index (χ3n) is 3.71. The van der Waals surface area contributed by atoms with Crippen LogP contribution in [0.3, 0.4) is 0 Å². The van der Waals surface area contributed by atoms with Gasteiger partial charge in [0, 0.05) is 5.38 Å². The number of halogens is 1. The summed E-state index contributed by atoms with van der Waals surface area (Å²) in [5.74, 6) is 2.23. The van der Waals surface area contributed by atoms with Crippen molar-refractivity contribution in [3.8, 4) is 0 Å². The lowest BCUT2D eigenvalue weighted by atomic mass is 10.1. The molecule has 15 heavy (non-hydrogen) atoms. The number of fused-ring (bicyclic) bond motifs is 1. The first-order chi connectivity index (χ1) is 7.36. The lowest BCUT2D eigenvalue weighted by Gasteiger charge is -2.11. The van der Waals surface area contributed by atoms with E-state index in [4.69, 9.17) is 16.3 Å². The Bertz CT molecular complexity index is 328. The summed E-state index contributed by atoms with van der Waals surface area (Å²) >= 11 is 6.46. The van der Waals surface area contributed by atoms with Crippen molar-refractivity contribution >= 4 is 11.6 Å². The second-order valence-electron chi connectivity index (χ2n) is 4.65. The van der Waals surface area contributed by atoms with Crippen LogP contribution in [0.4, 0.5) is 0 Å². The van der Waals surface area contributed by atoms with Crippen LogP contribution >= 0.6 is 11.6 Å². The van der Waals surface area contributed by atoms with E-state index in [2.05, 4.69) is 24.3 Å². The molecule has 2 heteroatoms. The van der Waals surface area contributed by atoms with Gasteiger partial charge >= 0.3 is 0 Å². The lowest BCUT2D eigenvalue weighted by Crippen LogP contribution is -2.12. The minimum absolute atomic E-state index is 0.297. The van der Waals surface area contributed by atoms with Crippen LogP contribution in [0.15, 0.2) is 30.3 Å². The van der Waals surface area contributed by atoms with E-state index < -0.39 is 0 Å². The summed E-state index contributed by atoms with van der Waals surface area (Å²) in [5.41, 5.74) is 1.35. The van der Waals surface area contributed by atoms with Crippen molar-refractivity contribution in [1.82, 2.24) is 0 Å². The molecule has 80 valence electrons. The molecule has 1 heterocycles. The molecule has 0 N–H and O–H groups in total. The van der Waals surface area contributed by atoms with Crippen LogP contribution in [-0.2, 0) is 11.2 Å². The van der Waals surface area contributed by atoms with Gasteiger partial charge in [-0.05, 0) is 29.7 Å². The van der Waals surface area contributed by atoms with Crippen molar-refractivity contribution in [3.63, 3.8) is 0 Å². The Morgan fingerprint density at radius 2 is 1.87 bits per heavy atom. The molecule has 1 saturated carbocycles. The molecular weight excluding hydrogens is 208 g/mol. The molecule has 1 aromatic carbocycles. The fourth-order valence-corrected chi connectivity index (χ4v) is 3.35. The Morgan fingerprint density at radius 3 is 2.53 bits per heavy atom. The molecule has 0 amide bonds. The molecule has 3 unspecified atom stereocenters. The van der Waals surface area contributed by atoms with Gasteiger partial charge in [-0.3, -0.25) is 0 Å². The number of hydrogen-bond donors (Lipinski definition) is 0. The average molecular weight is 223 g/mol. The smallest absolute Gasteiger partial charge is 0.0501 e. The average Bonchev–Trinajstić information content (AvgIpc) is 2.75. The molecule has 1 saturated heterocycles. The van der Waals surface area contributed by atoms with Crippen LogP contribution in [-0.4, -0.2) is 18.6 Å². The van der Waals surface area contributed by atoms with Crippen molar-refractivity contribution in [2.75, 3.05) is 13.2 Å². The molecule has 0 bridgehead atoms. The largest absolute Gasteiger partial charge is 0.381 e. The van der Waals surface area contributed by atoms with Crippen LogP contribution < -0.4 is 0 Å². The Hall–Kier alpha value is -0.530. The first-order valence-corrected chi connectivity index (χ1v) is 6.05. The summed E-state index contributed by atoms with van der Waals surface area (Å²) in [4.78, 5) is 0. The van der Waals surface area contributed by atoms with Gasteiger partial charge in [0.05, 0.1) is 13.2 Å². The first kappa shape index (κ1) is 9.68. The van der Waals surface area contributed by atoms with Crippen LogP contribution in [0.1, 0.15) is 5.56 Å². The fourth-order valence-electron chi connectivity index (χ4n) is 2.80. The van der Waals surface area contributed by atoms with E-state index in [0.717, 1.165) is 31.5 Å². The van der Waals surface area contributed by atoms with Crippen molar-refractivity contribution in [2.24, 2.45) is 17.8 Å². The minimum Gasteiger partial charge on any atom is -0.381 e. The van der Waals surface area contributed by atoms with Crippen molar-refractivity contribution < 1.29 is 4.74 Å².